The van der Waals surface area contributed by atoms with E-state index in [9.17, 15) is 4.39 Å². The fourth-order valence-electron chi connectivity index (χ4n) is 2.98. The Bertz CT molecular complexity index is 819. The fourth-order valence-corrected chi connectivity index (χ4v) is 2.98. The summed E-state index contributed by atoms with van der Waals surface area (Å²) < 4.78 is 26.7. The van der Waals surface area contributed by atoms with Crippen molar-refractivity contribution in [3.8, 4) is 5.75 Å². The second-order valence-electron chi connectivity index (χ2n) is 7.17. The van der Waals surface area contributed by atoms with Crippen LogP contribution in [0.4, 0.5) is 4.39 Å². The number of benzene rings is 1. The average molecular weight is 404 g/mol. The van der Waals surface area contributed by atoms with Crippen molar-refractivity contribution in [2.75, 3.05) is 19.7 Å². The zero-order chi connectivity index (χ0) is 20.6. The van der Waals surface area contributed by atoms with Crippen molar-refractivity contribution >= 4 is 5.96 Å². The van der Waals surface area contributed by atoms with Crippen molar-refractivity contribution in [1.29, 1.82) is 0 Å². The zero-order valence-corrected chi connectivity index (χ0v) is 17.2. The minimum absolute atomic E-state index is 0.177. The number of aromatic nitrogens is 3. The lowest BCUT2D eigenvalue weighted by molar-refractivity contribution is 0.113. The van der Waals surface area contributed by atoms with Crippen LogP contribution in [0.3, 0.4) is 0 Å². The minimum Gasteiger partial charge on any atom is -0.489 e. The van der Waals surface area contributed by atoms with Gasteiger partial charge >= 0.3 is 0 Å². The largest absolute Gasteiger partial charge is 0.489 e. The summed E-state index contributed by atoms with van der Waals surface area (Å²) in [6.07, 6.45) is 2.15. The molecule has 2 heterocycles. The van der Waals surface area contributed by atoms with Crippen molar-refractivity contribution in [2.45, 2.75) is 45.4 Å². The van der Waals surface area contributed by atoms with Crippen LogP contribution in [-0.4, -0.2) is 52.6 Å². The van der Waals surface area contributed by atoms with Gasteiger partial charge in [0.1, 0.15) is 30.0 Å². The maximum Gasteiger partial charge on any atom is 0.191 e. The Labute approximate surface area is 170 Å². The molecule has 0 radical (unpaired) electrons. The number of nitrogens with zero attached hydrogens (tertiary/aromatic N) is 4. The lowest BCUT2D eigenvalue weighted by Gasteiger charge is -2.19. The summed E-state index contributed by atoms with van der Waals surface area (Å²) in [5, 5.41) is 14.8. The van der Waals surface area contributed by atoms with Gasteiger partial charge in [0, 0.05) is 26.3 Å². The molecule has 0 amide bonds. The van der Waals surface area contributed by atoms with E-state index in [0.717, 1.165) is 31.1 Å². The summed E-state index contributed by atoms with van der Waals surface area (Å²) in [6, 6.07) is 6.13. The third-order valence-electron chi connectivity index (χ3n) is 4.77. The molecule has 1 aliphatic heterocycles. The van der Waals surface area contributed by atoms with Crippen LogP contribution in [0.1, 0.15) is 31.4 Å². The van der Waals surface area contributed by atoms with Crippen LogP contribution in [0.25, 0.3) is 0 Å². The quantitative estimate of drug-likeness (QED) is 0.517. The lowest BCUT2D eigenvalue weighted by Crippen LogP contribution is -2.44. The van der Waals surface area contributed by atoms with Gasteiger partial charge in [-0.2, -0.15) is 0 Å². The van der Waals surface area contributed by atoms with Gasteiger partial charge in [-0.1, -0.05) is 6.07 Å². The van der Waals surface area contributed by atoms with Gasteiger partial charge in [-0.3, -0.25) is 0 Å². The van der Waals surface area contributed by atoms with Crippen molar-refractivity contribution in [2.24, 2.45) is 12.0 Å². The molecule has 9 heteroatoms. The molecule has 1 aliphatic rings. The molecular formula is C20H29FN6O2. The van der Waals surface area contributed by atoms with Gasteiger partial charge in [0.2, 0.25) is 0 Å². The van der Waals surface area contributed by atoms with Crippen LogP contribution in [0.5, 0.6) is 5.75 Å². The Kier molecular flexibility index (Phi) is 7.40. The number of aliphatic imine (C=N–C) groups is 1. The van der Waals surface area contributed by atoms with Crippen LogP contribution in [0.2, 0.25) is 0 Å². The minimum atomic E-state index is -0.317. The van der Waals surface area contributed by atoms with E-state index in [1.807, 2.05) is 25.5 Å². The molecule has 2 aromatic rings. The van der Waals surface area contributed by atoms with E-state index in [4.69, 9.17) is 9.47 Å². The van der Waals surface area contributed by atoms with E-state index >= 15 is 0 Å². The first-order valence-corrected chi connectivity index (χ1v) is 9.92. The first kappa shape index (κ1) is 21.0. The van der Waals surface area contributed by atoms with E-state index in [1.165, 1.54) is 12.1 Å². The molecule has 1 fully saturated rings. The molecule has 0 spiro atoms. The maximum absolute atomic E-state index is 13.3. The number of aryl methyl sites for hydroxylation is 1. The van der Waals surface area contributed by atoms with E-state index in [2.05, 4.69) is 25.8 Å². The van der Waals surface area contributed by atoms with Gasteiger partial charge in [-0.15, -0.1) is 10.2 Å². The normalized spacial score (nSPS) is 17.9. The Balaban J connectivity index is 1.57. The van der Waals surface area contributed by atoms with Gasteiger partial charge in [0.05, 0.1) is 12.6 Å². The first-order valence-electron chi connectivity index (χ1n) is 9.92. The van der Waals surface area contributed by atoms with Crippen LogP contribution >= 0.6 is 0 Å². The summed E-state index contributed by atoms with van der Waals surface area (Å²) in [7, 11) is 1.92. The summed E-state index contributed by atoms with van der Waals surface area (Å²) in [5.74, 6) is 2.46. The topological polar surface area (TPSA) is 85.6 Å². The van der Waals surface area contributed by atoms with Crippen LogP contribution in [0, 0.1) is 12.7 Å². The second-order valence-corrected chi connectivity index (χ2v) is 7.17. The number of nitrogens with one attached hydrogen (secondary N) is 2. The molecule has 0 bridgehead atoms. The number of hydrogen-bond donors (Lipinski definition) is 2. The highest BCUT2D eigenvalue weighted by Gasteiger charge is 2.16. The van der Waals surface area contributed by atoms with E-state index in [-0.39, 0.29) is 18.0 Å². The predicted octanol–water partition coefficient (Wildman–Crippen LogP) is 1.94. The molecule has 0 saturated carbocycles. The molecule has 1 saturated heterocycles. The van der Waals surface area contributed by atoms with Gasteiger partial charge in [0.15, 0.2) is 11.8 Å². The van der Waals surface area contributed by atoms with Crippen LogP contribution < -0.4 is 15.4 Å². The fraction of sp³-hybridized carbons (Fsp3) is 0.550. The molecule has 158 valence electrons. The number of ether oxygens (including phenoxy) is 2. The molecule has 1 aromatic heterocycles. The molecule has 2 atom stereocenters. The average Bonchev–Trinajstić information content (AvgIpc) is 3.32. The first-order chi connectivity index (χ1) is 14.0. The third kappa shape index (κ3) is 6.42. The molecule has 29 heavy (non-hydrogen) atoms. The predicted molar refractivity (Wildman–Crippen MR) is 108 cm³/mol. The Morgan fingerprint density at radius 2 is 2.28 bits per heavy atom. The summed E-state index contributed by atoms with van der Waals surface area (Å²) in [5.41, 5.74) is 0. The van der Waals surface area contributed by atoms with Crippen LogP contribution in [-0.2, 0) is 18.3 Å². The second kappa shape index (κ2) is 10.2. The van der Waals surface area contributed by atoms with Crippen molar-refractivity contribution in [3.63, 3.8) is 0 Å². The van der Waals surface area contributed by atoms with Gasteiger partial charge in [0.25, 0.3) is 0 Å². The number of hydrogen-bond acceptors (Lipinski definition) is 5. The molecule has 0 aliphatic carbocycles. The van der Waals surface area contributed by atoms with E-state index < -0.39 is 0 Å². The molecular weight excluding hydrogens is 375 g/mol. The monoisotopic (exact) mass is 404 g/mol. The maximum atomic E-state index is 13.3. The van der Waals surface area contributed by atoms with Gasteiger partial charge in [-0.25, -0.2) is 9.38 Å². The van der Waals surface area contributed by atoms with Crippen molar-refractivity contribution in [3.05, 3.63) is 41.7 Å². The Hall–Kier alpha value is -2.68. The summed E-state index contributed by atoms with van der Waals surface area (Å²) in [6.45, 7) is 6.22. The molecule has 1 aromatic carbocycles. The smallest absolute Gasteiger partial charge is 0.191 e. The molecule has 3 rings (SSSR count). The third-order valence-corrected chi connectivity index (χ3v) is 4.77. The highest BCUT2D eigenvalue weighted by Crippen LogP contribution is 2.13. The zero-order valence-electron chi connectivity index (χ0n) is 17.2. The van der Waals surface area contributed by atoms with Crippen LogP contribution in [0.15, 0.2) is 29.3 Å². The Morgan fingerprint density at radius 1 is 1.41 bits per heavy atom. The molecule has 2 unspecified atom stereocenters. The van der Waals surface area contributed by atoms with Crippen molar-refractivity contribution < 1.29 is 13.9 Å². The number of halogens is 1. The number of guanidine groups is 1. The molecule has 2 N–H and O–H groups in total. The van der Waals surface area contributed by atoms with E-state index in [0.29, 0.717) is 31.3 Å². The highest BCUT2D eigenvalue weighted by atomic mass is 19.1. The lowest BCUT2D eigenvalue weighted by atomic mass is 10.2. The Morgan fingerprint density at radius 3 is 2.97 bits per heavy atom. The number of rotatable bonds is 8. The van der Waals surface area contributed by atoms with Crippen molar-refractivity contribution in [1.82, 2.24) is 25.4 Å². The van der Waals surface area contributed by atoms with Gasteiger partial charge < -0.3 is 24.7 Å². The highest BCUT2D eigenvalue weighted by molar-refractivity contribution is 5.79. The van der Waals surface area contributed by atoms with E-state index in [1.54, 1.807) is 12.1 Å². The standard InChI is InChI=1S/C20H29FN6O2/c1-14(29-17-7-4-6-16(21)10-17)11-22-20(23-12-18-8-5-9-28-18)24-13-19-26-25-15(2)27(19)3/h4,6-7,10,14,18H,5,8-9,11-13H2,1-3H3,(H2,22,23,24). The summed E-state index contributed by atoms with van der Waals surface area (Å²) >= 11 is 0. The van der Waals surface area contributed by atoms with Gasteiger partial charge in [-0.05, 0) is 38.8 Å². The summed E-state index contributed by atoms with van der Waals surface area (Å²) in [4.78, 5) is 4.62. The SMILES string of the molecule is Cc1nnc(CN=C(NCC(C)Oc2cccc(F)c2)NCC2CCCO2)n1C. The molecule has 8 nitrogen and oxygen atoms in total.